The summed E-state index contributed by atoms with van der Waals surface area (Å²) >= 11 is 0. The van der Waals surface area contributed by atoms with Gasteiger partial charge in [0.25, 0.3) is 0 Å². The van der Waals surface area contributed by atoms with Gasteiger partial charge in [-0.25, -0.2) is 4.98 Å². The molecular formula is C18H18N2O. The quantitative estimate of drug-likeness (QED) is 0.794. The predicted octanol–water partition coefficient (Wildman–Crippen LogP) is 3.87. The van der Waals surface area contributed by atoms with Gasteiger partial charge in [0.1, 0.15) is 11.6 Å². The third-order valence-electron chi connectivity index (χ3n) is 3.56. The Hall–Kier alpha value is -2.55. The summed E-state index contributed by atoms with van der Waals surface area (Å²) in [5.41, 5.74) is 3.35. The molecule has 2 aromatic rings. The normalized spacial score (nSPS) is 12.8. The molecule has 3 nitrogen and oxygen atoms in total. The average Bonchev–Trinajstić information content (AvgIpc) is 2.71. The largest absolute Gasteiger partial charge is 0.497 e. The van der Waals surface area contributed by atoms with Crippen LogP contribution in [-0.2, 0) is 13.0 Å². The number of fused-ring (bicyclic) bond motifs is 1. The molecular weight excluding hydrogens is 260 g/mol. The molecule has 3 rings (SSSR count). The van der Waals surface area contributed by atoms with E-state index in [0.717, 1.165) is 41.5 Å². The van der Waals surface area contributed by atoms with Crippen molar-refractivity contribution < 1.29 is 4.74 Å². The first kappa shape index (κ1) is 13.4. The van der Waals surface area contributed by atoms with Crippen molar-refractivity contribution in [3.8, 4) is 17.1 Å². The molecule has 1 aromatic carbocycles. The molecule has 3 heteroatoms. The Kier molecular flexibility index (Phi) is 3.73. The van der Waals surface area contributed by atoms with E-state index in [1.807, 2.05) is 30.3 Å². The molecule has 0 N–H and O–H groups in total. The van der Waals surface area contributed by atoms with E-state index in [0.29, 0.717) is 0 Å². The summed E-state index contributed by atoms with van der Waals surface area (Å²) in [4.78, 5) is 4.83. The van der Waals surface area contributed by atoms with Crippen LogP contribution in [0.4, 0.5) is 0 Å². The molecule has 106 valence electrons. The predicted molar refractivity (Wildman–Crippen MR) is 86.3 cm³/mol. The molecule has 21 heavy (non-hydrogen) atoms. The number of hydrogen-bond acceptors (Lipinski definition) is 2. The maximum absolute atomic E-state index is 5.22. The van der Waals surface area contributed by atoms with Crippen LogP contribution in [0.25, 0.3) is 17.5 Å². The second-order valence-corrected chi connectivity index (χ2v) is 4.89. The highest BCUT2D eigenvalue weighted by atomic mass is 16.5. The highest BCUT2D eigenvalue weighted by Gasteiger charge is 2.15. The number of aromatic nitrogens is 2. The third kappa shape index (κ3) is 2.55. The molecule has 0 radical (unpaired) electrons. The van der Waals surface area contributed by atoms with Crippen LogP contribution in [0.3, 0.4) is 0 Å². The fourth-order valence-electron chi connectivity index (χ4n) is 2.53. The van der Waals surface area contributed by atoms with Crippen LogP contribution in [-0.4, -0.2) is 16.7 Å². The van der Waals surface area contributed by atoms with E-state index in [1.165, 1.54) is 0 Å². The molecule has 0 amide bonds. The van der Waals surface area contributed by atoms with E-state index >= 15 is 0 Å². The number of allylic oxidation sites excluding steroid dienone is 4. The lowest BCUT2D eigenvalue weighted by molar-refractivity contribution is 0.415. The van der Waals surface area contributed by atoms with E-state index in [9.17, 15) is 0 Å². The zero-order valence-corrected chi connectivity index (χ0v) is 12.1. The third-order valence-corrected chi connectivity index (χ3v) is 3.56. The van der Waals surface area contributed by atoms with Crippen LogP contribution in [0.1, 0.15) is 11.4 Å². The fraction of sp³-hybridized carbons (Fsp3) is 0.167. The first-order valence-corrected chi connectivity index (χ1v) is 7.01. The first-order valence-electron chi connectivity index (χ1n) is 7.01. The van der Waals surface area contributed by atoms with E-state index in [-0.39, 0.29) is 0 Å². The topological polar surface area (TPSA) is 27.1 Å². The summed E-state index contributed by atoms with van der Waals surface area (Å²) in [6, 6.07) is 8.01. The molecule has 0 atom stereocenters. The molecule has 1 aliphatic carbocycles. The van der Waals surface area contributed by atoms with Crippen molar-refractivity contribution >= 4 is 6.08 Å². The second kappa shape index (κ2) is 5.83. The zero-order chi connectivity index (χ0) is 14.7. The number of nitrogens with zero attached hydrogens (tertiary/aromatic N) is 2. The molecule has 0 saturated carbocycles. The summed E-state index contributed by atoms with van der Waals surface area (Å²) in [6.45, 7) is 4.61. The van der Waals surface area contributed by atoms with Crippen molar-refractivity contribution in [2.24, 2.45) is 0 Å². The molecule has 1 heterocycles. The van der Waals surface area contributed by atoms with Gasteiger partial charge in [-0.1, -0.05) is 24.3 Å². The van der Waals surface area contributed by atoms with Gasteiger partial charge < -0.3 is 9.30 Å². The lowest BCUT2D eigenvalue weighted by atomic mass is 10.2. The molecule has 0 aliphatic heterocycles. The lowest BCUT2D eigenvalue weighted by Gasteiger charge is -2.08. The summed E-state index contributed by atoms with van der Waals surface area (Å²) in [5.74, 6) is 1.83. The van der Waals surface area contributed by atoms with Crippen molar-refractivity contribution in [1.29, 1.82) is 0 Å². The van der Waals surface area contributed by atoms with Gasteiger partial charge in [0.2, 0.25) is 0 Å². The van der Waals surface area contributed by atoms with Crippen molar-refractivity contribution in [2.75, 3.05) is 7.11 Å². The van der Waals surface area contributed by atoms with Crippen molar-refractivity contribution in [1.82, 2.24) is 9.55 Å². The molecule has 0 bridgehead atoms. The molecule has 0 saturated heterocycles. The fourth-order valence-corrected chi connectivity index (χ4v) is 2.53. The van der Waals surface area contributed by atoms with Gasteiger partial charge in [0.05, 0.1) is 18.5 Å². The van der Waals surface area contributed by atoms with Crippen LogP contribution < -0.4 is 4.74 Å². The maximum atomic E-state index is 5.22. The van der Waals surface area contributed by atoms with E-state index < -0.39 is 0 Å². The SMILES string of the molecule is C=CCn1c(-c2ccc(OC)cc2)nc2c1C=CC=CC2. The summed E-state index contributed by atoms with van der Waals surface area (Å²) < 4.78 is 7.42. The maximum Gasteiger partial charge on any atom is 0.141 e. The van der Waals surface area contributed by atoms with Crippen LogP contribution in [0.2, 0.25) is 0 Å². The molecule has 1 aliphatic rings. The molecule has 1 aromatic heterocycles. The van der Waals surface area contributed by atoms with Crippen LogP contribution in [0, 0.1) is 0 Å². The molecule has 0 fully saturated rings. The Morgan fingerprint density at radius 2 is 2.10 bits per heavy atom. The van der Waals surface area contributed by atoms with E-state index in [1.54, 1.807) is 7.11 Å². The standard InChI is InChI=1S/C18H18N2O/c1-3-13-20-17-8-6-4-5-7-16(17)19-18(20)14-9-11-15(21-2)12-10-14/h3-6,8-12H,1,7,13H2,2H3. The summed E-state index contributed by atoms with van der Waals surface area (Å²) in [6.07, 6.45) is 11.1. The number of hydrogen-bond donors (Lipinski definition) is 0. The van der Waals surface area contributed by atoms with Gasteiger partial charge in [-0.05, 0) is 30.3 Å². The minimum absolute atomic E-state index is 0.744. The van der Waals surface area contributed by atoms with Crippen molar-refractivity contribution in [3.63, 3.8) is 0 Å². The van der Waals surface area contributed by atoms with Gasteiger partial charge in [-0.2, -0.15) is 0 Å². The lowest BCUT2D eigenvalue weighted by Crippen LogP contribution is -2.01. The highest BCUT2D eigenvalue weighted by molar-refractivity contribution is 5.63. The van der Waals surface area contributed by atoms with Crippen molar-refractivity contribution in [2.45, 2.75) is 13.0 Å². The number of rotatable bonds is 4. The first-order chi connectivity index (χ1) is 10.3. The Morgan fingerprint density at radius 3 is 2.81 bits per heavy atom. The molecule has 0 unspecified atom stereocenters. The Labute approximate surface area is 124 Å². The summed E-state index contributed by atoms with van der Waals surface area (Å²) in [5, 5.41) is 0. The smallest absolute Gasteiger partial charge is 0.141 e. The highest BCUT2D eigenvalue weighted by Crippen LogP contribution is 2.27. The van der Waals surface area contributed by atoms with Crippen LogP contribution >= 0.6 is 0 Å². The Balaban J connectivity index is 2.10. The minimum atomic E-state index is 0.744. The summed E-state index contributed by atoms with van der Waals surface area (Å²) in [7, 11) is 1.67. The van der Waals surface area contributed by atoms with Crippen LogP contribution in [0.15, 0.2) is 55.1 Å². The average molecular weight is 278 g/mol. The number of benzene rings is 1. The van der Waals surface area contributed by atoms with Gasteiger partial charge in [-0.15, -0.1) is 6.58 Å². The van der Waals surface area contributed by atoms with Gasteiger partial charge >= 0.3 is 0 Å². The Morgan fingerprint density at radius 1 is 1.29 bits per heavy atom. The Bertz CT molecular complexity index is 706. The van der Waals surface area contributed by atoms with E-state index in [2.05, 4.69) is 35.5 Å². The molecule has 0 spiro atoms. The monoisotopic (exact) mass is 278 g/mol. The van der Waals surface area contributed by atoms with Gasteiger partial charge in [0, 0.05) is 18.5 Å². The van der Waals surface area contributed by atoms with Gasteiger partial charge in [-0.3, -0.25) is 0 Å². The minimum Gasteiger partial charge on any atom is -0.497 e. The zero-order valence-electron chi connectivity index (χ0n) is 12.1. The van der Waals surface area contributed by atoms with Crippen LogP contribution in [0.5, 0.6) is 5.75 Å². The van der Waals surface area contributed by atoms with Crippen molar-refractivity contribution in [3.05, 3.63) is 66.5 Å². The van der Waals surface area contributed by atoms with E-state index in [4.69, 9.17) is 9.72 Å². The second-order valence-electron chi connectivity index (χ2n) is 4.89. The number of ether oxygens (including phenoxy) is 1. The number of imidazole rings is 1. The van der Waals surface area contributed by atoms with Gasteiger partial charge in [0.15, 0.2) is 0 Å². The number of methoxy groups -OCH3 is 1.